The van der Waals surface area contributed by atoms with Gasteiger partial charge in [0.05, 0.1) is 4.11 Å². The number of nitrogens with one attached hydrogen (secondary N) is 1. The minimum Gasteiger partial charge on any atom is -0.312 e. The molecular weight excluding hydrogens is 124 g/mol. The minimum atomic E-state index is -2.77. The summed E-state index contributed by atoms with van der Waals surface area (Å²) < 4.78 is 68.6. The van der Waals surface area contributed by atoms with Crippen LogP contribution in [0.25, 0.3) is 0 Å². The van der Waals surface area contributed by atoms with E-state index in [0.29, 0.717) is 0 Å². The summed E-state index contributed by atoms with van der Waals surface area (Å²) in [5, 5.41) is 1.85. The molecule has 1 aliphatic rings. The van der Waals surface area contributed by atoms with Crippen molar-refractivity contribution in [1.29, 1.82) is 0 Å². The highest BCUT2D eigenvalue weighted by Gasteiger charge is 2.05. The molecule has 0 atom stereocenters. The molecular formula is C8H10N2. The van der Waals surface area contributed by atoms with Crippen molar-refractivity contribution in [1.82, 2.24) is 10.3 Å². The molecule has 1 N–H and O–H groups in total. The quantitative estimate of drug-likeness (QED) is 0.579. The van der Waals surface area contributed by atoms with Gasteiger partial charge >= 0.3 is 0 Å². The maximum atomic E-state index is 7.75. The Morgan fingerprint density at radius 2 is 2.70 bits per heavy atom. The second kappa shape index (κ2) is 2.39. The van der Waals surface area contributed by atoms with Crippen molar-refractivity contribution in [3.8, 4) is 0 Å². The number of hydrogen-bond donors (Lipinski definition) is 1. The Morgan fingerprint density at radius 3 is 3.70 bits per heavy atom. The summed E-state index contributed by atoms with van der Waals surface area (Å²) in [5.41, 5.74) is -1.17. The van der Waals surface area contributed by atoms with Gasteiger partial charge in [-0.3, -0.25) is 4.98 Å². The summed E-state index contributed by atoms with van der Waals surface area (Å²) in [6.45, 7) is -5.33. The fourth-order valence-corrected chi connectivity index (χ4v) is 0.658. The molecule has 2 rings (SSSR count). The van der Waals surface area contributed by atoms with Gasteiger partial charge in [0.15, 0.2) is 0 Å². The van der Waals surface area contributed by atoms with Crippen LogP contribution in [0.15, 0.2) is 18.4 Å². The molecule has 0 fully saturated rings. The molecule has 0 aliphatic carbocycles. The van der Waals surface area contributed by atoms with Gasteiger partial charge in [0.1, 0.15) is 0 Å². The van der Waals surface area contributed by atoms with Crippen molar-refractivity contribution in [2.75, 3.05) is 6.50 Å². The van der Waals surface area contributed by atoms with E-state index in [1.165, 1.54) is 0 Å². The van der Waals surface area contributed by atoms with Gasteiger partial charge in [0.25, 0.3) is 0 Å². The van der Waals surface area contributed by atoms with E-state index in [9.17, 15) is 0 Å². The van der Waals surface area contributed by atoms with Gasteiger partial charge in [-0.15, -0.1) is 0 Å². The van der Waals surface area contributed by atoms with E-state index in [4.69, 9.17) is 12.3 Å². The molecule has 2 heterocycles. The second-order valence-corrected chi connectivity index (χ2v) is 1.71. The van der Waals surface area contributed by atoms with Crippen LogP contribution in [0, 0.1) is 0 Å². The maximum absolute atomic E-state index is 7.75. The molecule has 0 spiro atoms. The normalized spacial score (nSPS) is 44.6. The highest BCUT2D eigenvalue weighted by Crippen LogP contribution is 2.10. The smallest absolute Gasteiger partial charge is 0.0843 e. The lowest BCUT2D eigenvalue weighted by atomic mass is 10.0. The van der Waals surface area contributed by atoms with Crippen LogP contribution in [0.5, 0.6) is 0 Å². The van der Waals surface area contributed by atoms with E-state index >= 15 is 0 Å². The van der Waals surface area contributed by atoms with Gasteiger partial charge < -0.3 is 5.32 Å². The number of aromatic nitrogens is 1. The van der Waals surface area contributed by atoms with Gasteiger partial charge in [0, 0.05) is 27.1 Å². The Balaban J connectivity index is 2.92. The van der Waals surface area contributed by atoms with E-state index in [2.05, 4.69) is 4.98 Å². The molecule has 52 valence electrons. The third kappa shape index (κ3) is 0.907. The summed E-state index contributed by atoms with van der Waals surface area (Å²) >= 11 is 0. The van der Waals surface area contributed by atoms with E-state index in [1.807, 2.05) is 5.32 Å². The molecule has 1 aliphatic heterocycles. The van der Waals surface area contributed by atoms with Gasteiger partial charge in [-0.1, -0.05) is 0 Å². The zero-order valence-corrected chi connectivity index (χ0v) is 4.95. The minimum absolute atomic E-state index is 0.544. The number of pyridine rings is 1. The van der Waals surface area contributed by atoms with Crippen molar-refractivity contribution < 1.29 is 12.3 Å². The van der Waals surface area contributed by atoms with Crippen LogP contribution >= 0.6 is 0 Å². The lowest BCUT2D eigenvalue weighted by molar-refractivity contribution is 0.641. The summed E-state index contributed by atoms with van der Waals surface area (Å²) in [6, 6.07) is -0.650. The Bertz CT molecular complexity index is 554. The van der Waals surface area contributed by atoms with Crippen molar-refractivity contribution in [3.05, 3.63) is 29.5 Å². The first-order valence-electron chi connectivity index (χ1n) is 7.20. The van der Waals surface area contributed by atoms with Crippen LogP contribution in [-0.4, -0.2) is 11.5 Å². The van der Waals surface area contributed by atoms with Crippen LogP contribution in [-0.2, 0) is 12.9 Å². The van der Waals surface area contributed by atoms with Crippen LogP contribution < -0.4 is 5.32 Å². The average molecular weight is 143 g/mol. The molecule has 0 unspecified atom stereocenters. The molecule has 2 nitrogen and oxygen atoms in total. The van der Waals surface area contributed by atoms with Crippen LogP contribution in [0.2, 0.25) is 0 Å². The Morgan fingerprint density at radius 1 is 1.70 bits per heavy atom. The highest BCUT2D eigenvalue weighted by molar-refractivity contribution is 5.25. The molecule has 0 aromatic carbocycles. The van der Waals surface area contributed by atoms with Crippen molar-refractivity contribution in [3.63, 3.8) is 0 Å². The number of rotatable bonds is 0. The zero-order chi connectivity index (χ0) is 14.8. The first-order chi connectivity index (χ1) is 8.42. The molecule has 1 aromatic heterocycles. The summed E-state index contributed by atoms with van der Waals surface area (Å²) in [4.78, 5) is 3.36. The lowest BCUT2D eigenvalue weighted by Gasteiger charge is -2.15. The summed E-state index contributed by atoms with van der Waals surface area (Å²) in [5.74, 6) is 0. The van der Waals surface area contributed by atoms with Gasteiger partial charge in [-0.2, -0.15) is 0 Å². The van der Waals surface area contributed by atoms with Crippen molar-refractivity contribution in [2.24, 2.45) is 0 Å². The lowest BCUT2D eigenvalue weighted by Crippen LogP contribution is -2.23. The molecule has 0 amide bonds. The molecule has 10 heavy (non-hydrogen) atoms. The summed E-state index contributed by atoms with van der Waals surface area (Å²) in [7, 11) is 0. The van der Waals surface area contributed by atoms with Gasteiger partial charge in [-0.05, 0) is 30.0 Å². The van der Waals surface area contributed by atoms with Crippen LogP contribution in [0.1, 0.15) is 23.5 Å². The molecule has 0 bridgehead atoms. The summed E-state index contributed by atoms with van der Waals surface area (Å²) in [6.07, 6.45) is -4.11. The van der Waals surface area contributed by atoms with Gasteiger partial charge in [0.2, 0.25) is 0 Å². The monoisotopic (exact) mass is 143 g/mol. The molecule has 0 saturated heterocycles. The Labute approximate surface area is 72.9 Å². The first kappa shape index (κ1) is 1.64. The zero-order valence-electron chi connectivity index (χ0n) is 13.9. The average Bonchev–Trinajstić information content (AvgIpc) is 2.18. The number of nitrogens with zero attached hydrogens (tertiary/aromatic N) is 1. The predicted molar refractivity (Wildman–Crippen MR) is 39.6 cm³/mol. The third-order valence-corrected chi connectivity index (χ3v) is 1.09. The molecule has 0 radical (unpaired) electrons. The first-order valence-corrected chi connectivity index (χ1v) is 2.70. The van der Waals surface area contributed by atoms with E-state index in [0.717, 1.165) is 0 Å². The Kier molecular flexibility index (Phi) is 0.391. The second-order valence-electron chi connectivity index (χ2n) is 1.71. The highest BCUT2D eigenvalue weighted by atomic mass is 14.9. The fourth-order valence-electron chi connectivity index (χ4n) is 0.658. The van der Waals surface area contributed by atoms with Crippen molar-refractivity contribution >= 4 is 0 Å². The van der Waals surface area contributed by atoms with Crippen LogP contribution in [0.4, 0.5) is 0 Å². The predicted octanol–water partition coefficient (Wildman–Crippen LogP) is 0.727. The van der Waals surface area contributed by atoms with E-state index in [1.54, 1.807) is 0 Å². The Hall–Kier alpha value is -0.890. The van der Waals surface area contributed by atoms with E-state index < -0.39 is 48.9 Å². The number of hydrogen-bond acceptors (Lipinski definition) is 2. The topological polar surface area (TPSA) is 24.9 Å². The van der Waals surface area contributed by atoms with Crippen LogP contribution in [0.3, 0.4) is 0 Å². The van der Waals surface area contributed by atoms with Crippen molar-refractivity contribution in [2.45, 2.75) is 12.9 Å². The molecule has 1 aromatic rings. The SMILES string of the molecule is [2H]c1nc([2H])c2c(c1[2H])C([2H])([2H])NC([2H])([2H])C2([2H])[2H]. The molecule has 0 saturated carbocycles. The fraction of sp³-hybridized carbons (Fsp3) is 0.375. The van der Waals surface area contributed by atoms with E-state index in [-0.39, 0.29) is 0 Å². The number of fused-ring (bicyclic) bond motifs is 1. The third-order valence-electron chi connectivity index (χ3n) is 1.09. The maximum Gasteiger partial charge on any atom is 0.0843 e. The largest absolute Gasteiger partial charge is 0.312 e. The molecule has 2 heteroatoms. The standard InChI is InChI=1S/C8H10N2/c1-3-9-6-8-2-4-10-5-7(1)8/h1,3,6,10H,2,4-5H2/i1D,2D2,3D,4D2,5D2,6D. The van der Waals surface area contributed by atoms with Gasteiger partial charge in [-0.25, -0.2) is 0 Å².